The number of amides is 1. The predicted octanol–water partition coefficient (Wildman–Crippen LogP) is 2.35. The zero-order valence-corrected chi connectivity index (χ0v) is 11.0. The number of nitrogens with zero attached hydrogens (tertiary/aromatic N) is 1. The number of carboxylic acid groups (broad SMARTS) is 1. The summed E-state index contributed by atoms with van der Waals surface area (Å²) in [5.41, 5.74) is -0.0725. The highest BCUT2D eigenvalue weighted by molar-refractivity contribution is 5.87. The second-order valence-electron chi connectivity index (χ2n) is 4.82. The largest absolute Gasteiger partial charge is 0.481 e. The van der Waals surface area contributed by atoms with Crippen LogP contribution in [0.1, 0.15) is 31.4 Å². The first-order valence-corrected chi connectivity index (χ1v) is 6.43. The number of carboxylic acids is 1. The molecule has 0 aromatic heterocycles. The standard InChI is InChI=1S/C14H15F2NO3/c1-2-6-17-11(18)7-9(14(19)20)13(17)8-4-3-5-10(15)12(8)16/h3-5,9,13H,2,6-7H2,1H3,(H,19,20). The molecular formula is C14H15F2NO3. The van der Waals surface area contributed by atoms with Gasteiger partial charge in [-0.15, -0.1) is 0 Å². The molecule has 4 nitrogen and oxygen atoms in total. The van der Waals surface area contributed by atoms with Crippen LogP contribution in [0.3, 0.4) is 0 Å². The Morgan fingerprint density at radius 3 is 2.75 bits per heavy atom. The highest BCUT2D eigenvalue weighted by atomic mass is 19.2. The van der Waals surface area contributed by atoms with E-state index in [1.54, 1.807) is 0 Å². The van der Waals surface area contributed by atoms with Gasteiger partial charge in [0.15, 0.2) is 11.6 Å². The molecule has 1 aliphatic rings. The predicted molar refractivity (Wildman–Crippen MR) is 66.8 cm³/mol. The summed E-state index contributed by atoms with van der Waals surface area (Å²) in [4.78, 5) is 24.5. The smallest absolute Gasteiger partial charge is 0.309 e. The number of carbonyl (C=O) groups excluding carboxylic acids is 1. The molecule has 2 unspecified atom stereocenters. The molecule has 0 bridgehead atoms. The molecule has 1 amide bonds. The van der Waals surface area contributed by atoms with E-state index in [0.29, 0.717) is 13.0 Å². The van der Waals surface area contributed by atoms with Crippen LogP contribution >= 0.6 is 0 Å². The van der Waals surface area contributed by atoms with Gasteiger partial charge in [0, 0.05) is 18.5 Å². The highest BCUT2D eigenvalue weighted by Gasteiger charge is 2.45. The Kier molecular flexibility index (Phi) is 4.01. The monoisotopic (exact) mass is 283 g/mol. The summed E-state index contributed by atoms with van der Waals surface area (Å²) >= 11 is 0. The third kappa shape index (κ3) is 2.37. The summed E-state index contributed by atoms with van der Waals surface area (Å²) in [5, 5.41) is 9.21. The minimum Gasteiger partial charge on any atom is -0.481 e. The van der Waals surface area contributed by atoms with Crippen molar-refractivity contribution in [3.05, 3.63) is 35.4 Å². The van der Waals surface area contributed by atoms with E-state index < -0.39 is 29.6 Å². The van der Waals surface area contributed by atoms with Crippen LogP contribution < -0.4 is 0 Å². The topological polar surface area (TPSA) is 57.6 Å². The van der Waals surface area contributed by atoms with E-state index in [-0.39, 0.29) is 17.9 Å². The molecule has 20 heavy (non-hydrogen) atoms. The van der Waals surface area contributed by atoms with Crippen LogP contribution in [-0.2, 0) is 9.59 Å². The van der Waals surface area contributed by atoms with Crippen molar-refractivity contribution in [3.63, 3.8) is 0 Å². The number of halogens is 2. The van der Waals surface area contributed by atoms with Crippen LogP contribution in [0.15, 0.2) is 18.2 Å². The van der Waals surface area contributed by atoms with Gasteiger partial charge in [0.05, 0.1) is 12.0 Å². The van der Waals surface area contributed by atoms with Gasteiger partial charge in [0.25, 0.3) is 0 Å². The summed E-state index contributed by atoms with van der Waals surface area (Å²) in [5.74, 6) is -4.69. The Balaban J connectivity index is 2.49. The Morgan fingerprint density at radius 1 is 1.45 bits per heavy atom. The van der Waals surface area contributed by atoms with Gasteiger partial charge in [-0.3, -0.25) is 9.59 Å². The van der Waals surface area contributed by atoms with Crippen LogP contribution in [0.25, 0.3) is 0 Å². The Hall–Kier alpha value is -1.98. The lowest BCUT2D eigenvalue weighted by molar-refractivity contribution is -0.142. The molecule has 1 aromatic rings. The SMILES string of the molecule is CCCN1C(=O)CC(C(=O)O)C1c1cccc(F)c1F. The van der Waals surface area contributed by atoms with E-state index in [0.717, 1.165) is 6.07 Å². The van der Waals surface area contributed by atoms with Crippen molar-refractivity contribution in [1.29, 1.82) is 0 Å². The zero-order chi connectivity index (χ0) is 14.9. The molecule has 2 rings (SSSR count). The van der Waals surface area contributed by atoms with Gasteiger partial charge in [-0.05, 0) is 12.5 Å². The molecule has 0 aliphatic carbocycles. The van der Waals surface area contributed by atoms with Crippen LogP contribution in [0.4, 0.5) is 8.78 Å². The molecule has 0 radical (unpaired) electrons. The van der Waals surface area contributed by atoms with Crippen molar-refractivity contribution in [1.82, 2.24) is 4.90 Å². The van der Waals surface area contributed by atoms with Gasteiger partial charge in [-0.25, -0.2) is 8.78 Å². The average molecular weight is 283 g/mol. The first-order valence-electron chi connectivity index (χ1n) is 6.43. The van der Waals surface area contributed by atoms with Crippen molar-refractivity contribution in [3.8, 4) is 0 Å². The molecule has 2 atom stereocenters. The average Bonchev–Trinajstić information content (AvgIpc) is 2.71. The number of carbonyl (C=O) groups is 2. The van der Waals surface area contributed by atoms with Gasteiger partial charge >= 0.3 is 5.97 Å². The van der Waals surface area contributed by atoms with Crippen molar-refractivity contribution in [2.24, 2.45) is 5.92 Å². The van der Waals surface area contributed by atoms with Crippen LogP contribution in [-0.4, -0.2) is 28.4 Å². The zero-order valence-electron chi connectivity index (χ0n) is 11.0. The number of aliphatic carboxylic acids is 1. The van der Waals surface area contributed by atoms with Gasteiger partial charge < -0.3 is 10.0 Å². The summed E-state index contributed by atoms with van der Waals surface area (Å²) in [6.45, 7) is 2.16. The molecule has 1 saturated heterocycles. The number of likely N-dealkylation sites (tertiary alicyclic amines) is 1. The summed E-state index contributed by atoms with van der Waals surface area (Å²) in [6, 6.07) is 2.67. The van der Waals surface area contributed by atoms with Gasteiger partial charge in [-0.2, -0.15) is 0 Å². The Morgan fingerprint density at radius 2 is 2.15 bits per heavy atom. The highest BCUT2D eigenvalue weighted by Crippen LogP contribution is 2.39. The lowest BCUT2D eigenvalue weighted by Gasteiger charge is -2.27. The quantitative estimate of drug-likeness (QED) is 0.922. The second-order valence-corrected chi connectivity index (χ2v) is 4.82. The molecule has 0 saturated carbocycles. The Bertz CT molecular complexity index is 547. The van der Waals surface area contributed by atoms with Crippen molar-refractivity contribution in [2.45, 2.75) is 25.8 Å². The Labute approximate surface area is 115 Å². The van der Waals surface area contributed by atoms with E-state index in [1.165, 1.54) is 17.0 Å². The lowest BCUT2D eigenvalue weighted by Crippen LogP contribution is -2.32. The molecular weight excluding hydrogens is 268 g/mol. The minimum atomic E-state index is -1.18. The van der Waals surface area contributed by atoms with E-state index in [1.807, 2.05) is 6.92 Å². The third-order valence-corrected chi connectivity index (χ3v) is 3.51. The maximum atomic E-state index is 13.9. The van der Waals surface area contributed by atoms with E-state index in [9.17, 15) is 23.5 Å². The first kappa shape index (κ1) is 14.4. The number of hydrogen-bond donors (Lipinski definition) is 1. The molecule has 1 aliphatic heterocycles. The van der Waals surface area contributed by atoms with Gasteiger partial charge in [0.1, 0.15) is 0 Å². The van der Waals surface area contributed by atoms with E-state index in [2.05, 4.69) is 0 Å². The molecule has 108 valence electrons. The molecule has 0 spiro atoms. The fourth-order valence-corrected chi connectivity index (χ4v) is 2.65. The summed E-state index contributed by atoms with van der Waals surface area (Å²) in [6.07, 6.45) is 0.432. The fraction of sp³-hybridized carbons (Fsp3) is 0.429. The summed E-state index contributed by atoms with van der Waals surface area (Å²) in [7, 11) is 0. The normalized spacial score (nSPS) is 22.4. The lowest BCUT2D eigenvalue weighted by atomic mass is 9.93. The van der Waals surface area contributed by atoms with Crippen LogP contribution in [0, 0.1) is 17.6 Å². The van der Waals surface area contributed by atoms with E-state index >= 15 is 0 Å². The number of benzene rings is 1. The molecule has 1 N–H and O–H groups in total. The molecule has 1 heterocycles. The van der Waals surface area contributed by atoms with Crippen LogP contribution in [0.2, 0.25) is 0 Å². The van der Waals surface area contributed by atoms with Gasteiger partial charge in [-0.1, -0.05) is 19.1 Å². The second kappa shape index (κ2) is 5.56. The number of hydrogen-bond acceptors (Lipinski definition) is 2. The molecule has 1 fully saturated rings. The first-order chi connectivity index (χ1) is 9.47. The fourth-order valence-electron chi connectivity index (χ4n) is 2.65. The number of rotatable bonds is 4. The third-order valence-electron chi connectivity index (χ3n) is 3.51. The maximum Gasteiger partial charge on any atom is 0.309 e. The van der Waals surface area contributed by atoms with E-state index in [4.69, 9.17) is 0 Å². The van der Waals surface area contributed by atoms with Gasteiger partial charge in [0.2, 0.25) is 5.91 Å². The molecule has 6 heteroatoms. The van der Waals surface area contributed by atoms with Crippen molar-refractivity contribution in [2.75, 3.05) is 6.54 Å². The van der Waals surface area contributed by atoms with Crippen molar-refractivity contribution >= 4 is 11.9 Å². The molecule has 1 aromatic carbocycles. The summed E-state index contributed by atoms with van der Waals surface area (Å²) < 4.78 is 27.3. The minimum absolute atomic E-state index is 0.0725. The maximum absolute atomic E-state index is 13.9. The van der Waals surface area contributed by atoms with Crippen molar-refractivity contribution < 1.29 is 23.5 Å². The van der Waals surface area contributed by atoms with Crippen LogP contribution in [0.5, 0.6) is 0 Å².